The number of hydrogen-bond donors (Lipinski definition) is 1. The first-order valence-corrected chi connectivity index (χ1v) is 12.5. The predicted molar refractivity (Wildman–Crippen MR) is 129 cm³/mol. The molecule has 31 heavy (non-hydrogen) atoms. The molecule has 0 fully saturated rings. The van der Waals surface area contributed by atoms with Crippen LogP contribution in [0.3, 0.4) is 0 Å². The van der Waals surface area contributed by atoms with Crippen molar-refractivity contribution in [2.24, 2.45) is 5.92 Å². The van der Waals surface area contributed by atoms with Crippen LogP contribution in [0.2, 0.25) is 0 Å². The van der Waals surface area contributed by atoms with Crippen LogP contribution < -0.4 is 10.9 Å². The summed E-state index contributed by atoms with van der Waals surface area (Å²) in [4.78, 5) is 32.5. The molecule has 2 heterocycles. The zero-order valence-corrected chi connectivity index (χ0v) is 19.4. The normalized spacial score (nSPS) is 15.6. The number of aryl methyl sites for hydroxylation is 1. The smallest absolute Gasteiger partial charge is 0.263 e. The van der Waals surface area contributed by atoms with Crippen LogP contribution in [-0.2, 0) is 30.6 Å². The largest absolute Gasteiger partial charge is 0.355 e. The van der Waals surface area contributed by atoms with Crippen LogP contribution in [0.15, 0.2) is 52.9 Å². The second-order valence-electron chi connectivity index (χ2n) is 8.00. The van der Waals surface area contributed by atoms with Crippen LogP contribution in [0.25, 0.3) is 10.2 Å². The number of fused-ring (bicyclic) bond motifs is 3. The second kappa shape index (κ2) is 9.83. The lowest BCUT2D eigenvalue weighted by atomic mass is 9.89. The third-order valence-corrected chi connectivity index (χ3v) is 7.73. The number of aromatic nitrogens is 2. The van der Waals surface area contributed by atoms with Gasteiger partial charge in [-0.15, -0.1) is 17.9 Å². The van der Waals surface area contributed by atoms with Gasteiger partial charge in [0, 0.05) is 18.0 Å². The summed E-state index contributed by atoms with van der Waals surface area (Å²) < 4.78 is 1.66. The Morgan fingerprint density at radius 2 is 2.19 bits per heavy atom. The molecule has 2 aromatic heterocycles. The van der Waals surface area contributed by atoms with Crippen molar-refractivity contribution in [3.63, 3.8) is 0 Å². The minimum absolute atomic E-state index is 0.0102. The molecule has 1 aromatic carbocycles. The van der Waals surface area contributed by atoms with E-state index in [0.717, 1.165) is 35.9 Å². The lowest BCUT2D eigenvalue weighted by molar-refractivity contribution is -0.118. The van der Waals surface area contributed by atoms with Gasteiger partial charge in [-0.05, 0) is 42.7 Å². The number of carbonyl (C=O) groups excluding carboxylic acids is 1. The molecule has 1 N–H and O–H groups in total. The van der Waals surface area contributed by atoms with E-state index in [1.807, 2.05) is 18.2 Å². The summed E-state index contributed by atoms with van der Waals surface area (Å²) in [6.45, 7) is 7.03. The van der Waals surface area contributed by atoms with Gasteiger partial charge in [-0.1, -0.05) is 55.1 Å². The lowest BCUT2D eigenvalue weighted by Gasteiger charge is -2.17. The van der Waals surface area contributed by atoms with Crippen molar-refractivity contribution in [2.75, 3.05) is 12.3 Å². The number of nitrogens with zero attached hydrogens (tertiary/aromatic N) is 2. The fourth-order valence-electron chi connectivity index (χ4n) is 3.98. The first-order valence-electron chi connectivity index (χ1n) is 10.7. The molecular formula is C24H27N3O2S2. The zero-order valence-electron chi connectivity index (χ0n) is 17.7. The number of benzene rings is 1. The van der Waals surface area contributed by atoms with Gasteiger partial charge in [0.15, 0.2) is 5.16 Å². The number of thioether (sulfide) groups is 1. The third kappa shape index (κ3) is 4.93. The van der Waals surface area contributed by atoms with Gasteiger partial charge in [0.1, 0.15) is 4.83 Å². The average molecular weight is 454 g/mol. The van der Waals surface area contributed by atoms with Gasteiger partial charge in [0.2, 0.25) is 5.91 Å². The van der Waals surface area contributed by atoms with Crippen LogP contribution in [-0.4, -0.2) is 27.8 Å². The number of thiophene rings is 1. The molecule has 162 valence electrons. The Bertz CT molecular complexity index is 1150. The van der Waals surface area contributed by atoms with Crippen LogP contribution in [0, 0.1) is 5.92 Å². The molecule has 5 nitrogen and oxygen atoms in total. The summed E-state index contributed by atoms with van der Waals surface area (Å²) in [5.74, 6) is 0.815. The van der Waals surface area contributed by atoms with Crippen molar-refractivity contribution in [2.45, 2.75) is 44.3 Å². The van der Waals surface area contributed by atoms with Crippen molar-refractivity contribution < 1.29 is 4.79 Å². The first kappa shape index (κ1) is 21.8. The first-order chi connectivity index (χ1) is 15.1. The number of hydrogen-bond acceptors (Lipinski definition) is 5. The van der Waals surface area contributed by atoms with E-state index >= 15 is 0 Å². The molecule has 1 aliphatic carbocycles. The minimum Gasteiger partial charge on any atom is -0.355 e. The number of rotatable bonds is 8. The molecule has 1 amide bonds. The summed E-state index contributed by atoms with van der Waals surface area (Å²) in [5.41, 5.74) is 2.37. The van der Waals surface area contributed by atoms with Crippen molar-refractivity contribution in [1.82, 2.24) is 14.9 Å². The Morgan fingerprint density at radius 3 is 2.97 bits per heavy atom. The van der Waals surface area contributed by atoms with Crippen LogP contribution >= 0.6 is 23.1 Å². The van der Waals surface area contributed by atoms with Crippen molar-refractivity contribution in [3.05, 3.63) is 69.3 Å². The molecule has 1 aliphatic rings. The Balaban J connectivity index is 1.49. The number of amides is 1. The number of nitrogens with one attached hydrogen (secondary N) is 1. The maximum atomic E-state index is 13.3. The van der Waals surface area contributed by atoms with Gasteiger partial charge in [0.05, 0.1) is 11.1 Å². The molecule has 0 saturated carbocycles. The van der Waals surface area contributed by atoms with Crippen molar-refractivity contribution in [3.8, 4) is 0 Å². The highest BCUT2D eigenvalue weighted by Crippen LogP contribution is 2.36. The van der Waals surface area contributed by atoms with Crippen LogP contribution in [0.1, 0.15) is 29.3 Å². The monoisotopic (exact) mass is 453 g/mol. The van der Waals surface area contributed by atoms with E-state index in [1.165, 1.54) is 27.8 Å². The van der Waals surface area contributed by atoms with Crippen LogP contribution in [0.4, 0.5) is 0 Å². The Labute approximate surface area is 190 Å². The highest BCUT2D eigenvalue weighted by atomic mass is 32.2. The molecule has 0 saturated heterocycles. The van der Waals surface area contributed by atoms with Gasteiger partial charge >= 0.3 is 0 Å². The average Bonchev–Trinajstić information content (AvgIpc) is 3.12. The van der Waals surface area contributed by atoms with E-state index in [4.69, 9.17) is 4.98 Å². The topological polar surface area (TPSA) is 64.0 Å². The SMILES string of the molecule is C=CCn1c(SCC(=O)NCCc2ccccc2)nc2sc3c(c2c1=O)CC[C@H](C)C3. The van der Waals surface area contributed by atoms with E-state index in [1.54, 1.807) is 22.0 Å². The van der Waals surface area contributed by atoms with Crippen molar-refractivity contribution >= 4 is 39.2 Å². The summed E-state index contributed by atoms with van der Waals surface area (Å²) in [7, 11) is 0. The Kier molecular flexibility index (Phi) is 6.92. The summed E-state index contributed by atoms with van der Waals surface area (Å²) in [6, 6.07) is 10.1. The van der Waals surface area contributed by atoms with E-state index in [9.17, 15) is 9.59 Å². The van der Waals surface area contributed by atoms with Gasteiger partial charge in [-0.2, -0.15) is 0 Å². The zero-order chi connectivity index (χ0) is 21.8. The minimum atomic E-state index is -0.0558. The van der Waals surface area contributed by atoms with Crippen molar-refractivity contribution in [1.29, 1.82) is 0 Å². The second-order valence-corrected chi connectivity index (χ2v) is 10.0. The summed E-state index contributed by atoms with van der Waals surface area (Å²) in [6.07, 6.45) is 5.57. The molecule has 0 spiro atoms. The lowest BCUT2D eigenvalue weighted by Crippen LogP contribution is -2.28. The van der Waals surface area contributed by atoms with Gasteiger partial charge in [-0.3, -0.25) is 14.2 Å². The standard InChI is InChI=1S/C24H27N3O2S2/c1-3-13-27-23(29)21-18-10-9-16(2)14-19(18)31-22(21)26-24(27)30-15-20(28)25-12-11-17-7-5-4-6-8-17/h3-8,16H,1,9-15H2,2H3,(H,25,28)/t16-/m0/s1. The molecule has 3 aromatic rings. The quantitative estimate of drug-likeness (QED) is 0.315. The Hall–Kier alpha value is -2.38. The third-order valence-electron chi connectivity index (χ3n) is 5.60. The molecule has 0 bridgehead atoms. The number of allylic oxidation sites excluding steroid dienone is 1. The highest BCUT2D eigenvalue weighted by Gasteiger charge is 2.24. The molecule has 1 atom stereocenters. The van der Waals surface area contributed by atoms with E-state index in [0.29, 0.717) is 24.2 Å². The maximum Gasteiger partial charge on any atom is 0.263 e. The van der Waals surface area contributed by atoms with E-state index < -0.39 is 0 Å². The van der Waals surface area contributed by atoms with Gasteiger partial charge < -0.3 is 5.32 Å². The van der Waals surface area contributed by atoms with E-state index in [-0.39, 0.29) is 17.2 Å². The predicted octanol–water partition coefficient (Wildman–Crippen LogP) is 4.22. The number of carbonyl (C=O) groups is 1. The summed E-state index contributed by atoms with van der Waals surface area (Å²) >= 11 is 2.96. The van der Waals surface area contributed by atoms with Crippen LogP contribution in [0.5, 0.6) is 0 Å². The molecular weight excluding hydrogens is 426 g/mol. The van der Waals surface area contributed by atoms with E-state index in [2.05, 4.69) is 31.0 Å². The van der Waals surface area contributed by atoms with Gasteiger partial charge in [-0.25, -0.2) is 4.98 Å². The fraction of sp³-hybridized carbons (Fsp3) is 0.375. The fourth-order valence-corrected chi connectivity index (χ4v) is 6.24. The molecule has 0 aliphatic heterocycles. The summed E-state index contributed by atoms with van der Waals surface area (Å²) in [5, 5.41) is 4.31. The van der Waals surface area contributed by atoms with Gasteiger partial charge in [0.25, 0.3) is 5.56 Å². The molecule has 4 rings (SSSR count). The molecule has 0 unspecified atom stereocenters. The highest BCUT2D eigenvalue weighted by molar-refractivity contribution is 7.99. The molecule has 0 radical (unpaired) electrons. The maximum absolute atomic E-state index is 13.3. The Morgan fingerprint density at radius 1 is 1.39 bits per heavy atom. The molecule has 7 heteroatoms.